The minimum absolute atomic E-state index is 0.0632. The topological polar surface area (TPSA) is 67.6 Å². The molecule has 7 heteroatoms. The summed E-state index contributed by atoms with van der Waals surface area (Å²) in [4.78, 5) is 13.2. The number of rotatable bonds is 4. The van der Waals surface area contributed by atoms with Gasteiger partial charge in [0.05, 0.1) is 18.6 Å². The van der Waals surface area contributed by atoms with Crippen LogP contribution in [0, 0.1) is 5.92 Å². The van der Waals surface area contributed by atoms with Gasteiger partial charge in [-0.15, -0.1) is 0 Å². The Hall–Kier alpha value is -1.01. The minimum Gasteiger partial charge on any atom is -0.467 e. The Bertz CT molecular complexity index is 496. The van der Waals surface area contributed by atoms with Crippen LogP contribution in [0.4, 0.5) is 0 Å². The van der Waals surface area contributed by atoms with E-state index in [-0.39, 0.29) is 24.0 Å². The zero-order valence-electron chi connectivity index (χ0n) is 9.00. The van der Waals surface area contributed by atoms with E-state index >= 15 is 0 Å². The first kappa shape index (κ1) is 12.4. The molecule has 1 aliphatic heterocycles. The van der Waals surface area contributed by atoms with Gasteiger partial charge in [-0.1, -0.05) is 0 Å². The van der Waals surface area contributed by atoms with Gasteiger partial charge in [-0.05, 0) is 12.1 Å². The molecule has 2 rings (SSSR count). The number of furan rings is 1. The molecule has 1 amide bonds. The quantitative estimate of drug-likeness (QED) is 0.776. The second kappa shape index (κ2) is 4.70. The van der Waals surface area contributed by atoms with E-state index in [1.165, 1.54) is 6.26 Å². The third-order valence-electron chi connectivity index (χ3n) is 2.66. The van der Waals surface area contributed by atoms with Crippen molar-refractivity contribution in [1.29, 1.82) is 0 Å². The highest BCUT2D eigenvalue weighted by atomic mass is 35.7. The average molecular weight is 278 g/mol. The molecular formula is C10H12ClNO4S. The van der Waals surface area contributed by atoms with Crippen LogP contribution in [-0.4, -0.2) is 31.5 Å². The third-order valence-corrected chi connectivity index (χ3v) is 3.90. The Balaban J connectivity index is 1.96. The van der Waals surface area contributed by atoms with Crippen molar-refractivity contribution in [2.45, 2.75) is 13.0 Å². The lowest BCUT2D eigenvalue weighted by Crippen LogP contribution is -2.25. The second-order valence-corrected chi connectivity index (χ2v) is 6.95. The fourth-order valence-electron chi connectivity index (χ4n) is 1.99. The summed E-state index contributed by atoms with van der Waals surface area (Å²) < 4.78 is 27.0. The lowest BCUT2D eigenvalue weighted by molar-refractivity contribution is -0.128. The number of hydrogen-bond acceptors (Lipinski definition) is 4. The van der Waals surface area contributed by atoms with Gasteiger partial charge in [-0.2, -0.15) is 0 Å². The normalized spacial score (nSPS) is 21.1. The number of carbonyl (C=O) groups is 1. The fraction of sp³-hybridized carbons (Fsp3) is 0.500. The maximum atomic E-state index is 11.6. The first-order valence-corrected chi connectivity index (χ1v) is 7.64. The van der Waals surface area contributed by atoms with E-state index in [9.17, 15) is 13.2 Å². The van der Waals surface area contributed by atoms with Crippen LogP contribution in [-0.2, 0) is 20.4 Å². The number of hydrogen-bond donors (Lipinski definition) is 0. The molecule has 1 saturated heterocycles. The van der Waals surface area contributed by atoms with E-state index < -0.39 is 9.05 Å². The van der Waals surface area contributed by atoms with Gasteiger partial charge in [0.1, 0.15) is 5.76 Å². The largest absolute Gasteiger partial charge is 0.467 e. The molecule has 1 aliphatic rings. The first-order chi connectivity index (χ1) is 7.94. The molecule has 0 N–H and O–H groups in total. The maximum Gasteiger partial charge on any atom is 0.232 e. The van der Waals surface area contributed by atoms with Gasteiger partial charge in [-0.3, -0.25) is 4.79 Å². The van der Waals surface area contributed by atoms with Crippen molar-refractivity contribution >= 4 is 25.6 Å². The summed E-state index contributed by atoms with van der Waals surface area (Å²) in [6.45, 7) is 0.788. The lowest BCUT2D eigenvalue weighted by Gasteiger charge is -2.14. The number of nitrogens with zero attached hydrogens (tertiary/aromatic N) is 1. The second-order valence-electron chi connectivity index (χ2n) is 4.13. The molecule has 0 saturated carbocycles. The predicted octanol–water partition coefficient (Wildman–Crippen LogP) is 1.20. The van der Waals surface area contributed by atoms with Crippen molar-refractivity contribution in [3.05, 3.63) is 24.2 Å². The molecule has 5 nitrogen and oxygen atoms in total. The van der Waals surface area contributed by atoms with Crippen molar-refractivity contribution in [3.8, 4) is 0 Å². The van der Waals surface area contributed by atoms with Gasteiger partial charge in [0.15, 0.2) is 0 Å². The molecule has 0 radical (unpaired) electrons. The standard InChI is InChI=1S/C10H12ClNO4S/c11-17(14,15)7-8-4-10(13)12(5-8)6-9-2-1-3-16-9/h1-3,8H,4-7H2. The zero-order valence-corrected chi connectivity index (χ0v) is 10.6. The van der Waals surface area contributed by atoms with Crippen LogP contribution in [0.1, 0.15) is 12.2 Å². The predicted molar refractivity (Wildman–Crippen MR) is 61.9 cm³/mol. The van der Waals surface area contributed by atoms with Crippen molar-refractivity contribution < 1.29 is 17.6 Å². The highest BCUT2D eigenvalue weighted by Gasteiger charge is 2.32. The van der Waals surface area contributed by atoms with Gasteiger partial charge in [0.2, 0.25) is 15.0 Å². The number of likely N-dealkylation sites (tertiary alicyclic amines) is 1. The Labute approximate surface area is 104 Å². The Kier molecular flexibility index (Phi) is 3.44. The van der Waals surface area contributed by atoms with E-state index in [1.807, 2.05) is 0 Å². The summed E-state index contributed by atoms with van der Waals surface area (Å²) in [7, 11) is 1.63. The summed E-state index contributed by atoms with van der Waals surface area (Å²) in [6.07, 6.45) is 1.77. The maximum absolute atomic E-state index is 11.6. The van der Waals surface area contributed by atoms with Gasteiger partial charge >= 0.3 is 0 Å². The van der Waals surface area contributed by atoms with Crippen LogP contribution in [0.25, 0.3) is 0 Å². The zero-order chi connectivity index (χ0) is 12.5. The van der Waals surface area contributed by atoms with E-state index in [4.69, 9.17) is 15.1 Å². The van der Waals surface area contributed by atoms with Gasteiger partial charge in [0.25, 0.3) is 0 Å². The summed E-state index contributed by atoms with van der Waals surface area (Å²) in [5.74, 6) is 0.244. The van der Waals surface area contributed by atoms with Crippen LogP contribution < -0.4 is 0 Å². The molecule has 1 aromatic heterocycles. The fourth-order valence-corrected chi connectivity index (χ4v) is 3.31. The summed E-state index contributed by atoms with van der Waals surface area (Å²) in [5.41, 5.74) is 0. The van der Waals surface area contributed by atoms with Crippen molar-refractivity contribution in [3.63, 3.8) is 0 Å². The Morgan fingerprint density at radius 1 is 1.53 bits per heavy atom. The molecule has 1 fully saturated rings. The monoisotopic (exact) mass is 277 g/mol. The number of carbonyl (C=O) groups excluding carboxylic acids is 1. The molecule has 2 heterocycles. The summed E-state index contributed by atoms with van der Waals surface area (Å²) in [5, 5.41) is 0. The average Bonchev–Trinajstić information content (AvgIpc) is 2.75. The van der Waals surface area contributed by atoms with Gasteiger partial charge in [-0.25, -0.2) is 8.42 Å². The van der Waals surface area contributed by atoms with E-state index in [0.717, 1.165) is 0 Å². The Morgan fingerprint density at radius 2 is 2.29 bits per heavy atom. The summed E-state index contributed by atoms with van der Waals surface area (Å²) in [6, 6.07) is 3.52. The molecule has 0 aromatic carbocycles. The molecule has 1 unspecified atom stereocenters. The van der Waals surface area contributed by atoms with E-state index in [2.05, 4.69) is 0 Å². The SMILES string of the molecule is O=C1CC(CS(=O)(=O)Cl)CN1Cc1ccco1. The molecule has 0 spiro atoms. The molecule has 1 atom stereocenters. The highest BCUT2D eigenvalue weighted by Crippen LogP contribution is 2.22. The van der Waals surface area contributed by atoms with Crippen LogP contribution in [0.2, 0.25) is 0 Å². The smallest absolute Gasteiger partial charge is 0.232 e. The van der Waals surface area contributed by atoms with Crippen molar-refractivity contribution in [2.75, 3.05) is 12.3 Å². The molecule has 0 bridgehead atoms. The van der Waals surface area contributed by atoms with E-state index in [1.54, 1.807) is 17.0 Å². The summed E-state index contributed by atoms with van der Waals surface area (Å²) >= 11 is 0. The van der Waals surface area contributed by atoms with Gasteiger partial charge in [0, 0.05) is 29.6 Å². The Morgan fingerprint density at radius 3 is 2.88 bits per heavy atom. The molecule has 17 heavy (non-hydrogen) atoms. The van der Waals surface area contributed by atoms with Gasteiger partial charge < -0.3 is 9.32 Å². The highest BCUT2D eigenvalue weighted by molar-refractivity contribution is 8.13. The van der Waals surface area contributed by atoms with Crippen molar-refractivity contribution in [1.82, 2.24) is 4.90 Å². The molecule has 1 aromatic rings. The molecule has 0 aliphatic carbocycles. The van der Waals surface area contributed by atoms with E-state index in [0.29, 0.717) is 18.8 Å². The first-order valence-electron chi connectivity index (χ1n) is 5.16. The lowest BCUT2D eigenvalue weighted by atomic mass is 10.1. The van der Waals surface area contributed by atoms with Crippen LogP contribution in [0.3, 0.4) is 0 Å². The third kappa shape index (κ3) is 3.47. The van der Waals surface area contributed by atoms with Crippen LogP contribution in [0.5, 0.6) is 0 Å². The van der Waals surface area contributed by atoms with Crippen molar-refractivity contribution in [2.24, 2.45) is 5.92 Å². The minimum atomic E-state index is -3.55. The number of halogens is 1. The number of amides is 1. The van der Waals surface area contributed by atoms with Crippen LogP contribution in [0.15, 0.2) is 22.8 Å². The molecule has 94 valence electrons. The van der Waals surface area contributed by atoms with Crippen LogP contribution >= 0.6 is 10.7 Å². The molecular weight excluding hydrogens is 266 g/mol.